The minimum Gasteiger partial charge on any atom is -0.491 e. The van der Waals surface area contributed by atoms with Crippen molar-refractivity contribution >= 4 is 22.9 Å². The molecule has 0 radical (unpaired) electrons. The zero-order valence-corrected chi connectivity index (χ0v) is 13.1. The highest BCUT2D eigenvalue weighted by Crippen LogP contribution is 2.36. The molecule has 114 valence electrons. The van der Waals surface area contributed by atoms with Crippen LogP contribution in [0.25, 0.3) is 0 Å². The molecule has 1 atom stereocenters. The lowest BCUT2D eigenvalue weighted by molar-refractivity contribution is -0.130. The van der Waals surface area contributed by atoms with Crippen molar-refractivity contribution in [3.05, 3.63) is 29.8 Å². The molecule has 6 heteroatoms. The van der Waals surface area contributed by atoms with Crippen molar-refractivity contribution in [3.8, 4) is 5.75 Å². The number of β-amino-alcohol motifs (C(OH)–C–C–N with tert-alkyl or cyclic N) is 1. The van der Waals surface area contributed by atoms with Gasteiger partial charge in [0, 0.05) is 0 Å². The van der Waals surface area contributed by atoms with E-state index >= 15 is 0 Å². The second-order valence-corrected chi connectivity index (χ2v) is 7.10. The van der Waals surface area contributed by atoms with Crippen molar-refractivity contribution in [2.45, 2.75) is 31.6 Å². The van der Waals surface area contributed by atoms with Crippen LogP contribution in [0.5, 0.6) is 5.75 Å². The number of nitrogens with zero attached hydrogens (tertiary/aromatic N) is 1. The fourth-order valence-corrected chi connectivity index (χ4v) is 2.95. The number of rotatable bonds is 5. The topological polar surface area (TPSA) is 66.8 Å². The predicted octanol–water partition coefficient (Wildman–Crippen LogP) is 2.21. The van der Waals surface area contributed by atoms with E-state index in [1.807, 2.05) is 31.2 Å². The van der Waals surface area contributed by atoms with E-state index in [2.05, 4.69) is 0 Å². The van der Waals surface area contributed by atoms with E-state index in [1.165, 1.54) is 0 Å². The average Bonchev–Trinajstić information content (AvgIpc) is 2.60. The molecule has 1 aromatic carbocycles. The van der Waals surface area contributed by atoms with Gasteiger partial charge in [-0.25, -0.2) is 0 Å². The molecule has 1 heterocycles. The lowest BCUT2D eigenvalue weighted by Gasteiger charge is -2.20. The molecule has 0 aromatic heterocycles. The van der Waals surface area contributed by atoms with E-state index in [4.69, 9.17) is 4.74 Å². The van der Waals surface area contributed by atoms with Crippen molar-refractivity contribution < 1.29 is 19.4 Å². The Morgan fingerprint density at radius 3 is 2.57 bits per heavy atom. The first-order chi connectivity index (χ1) is 9.81. The third-order valence-electron chi connectivity index (χ3n) is 3.24. The summed E-state index contributed by atoms with van der Waals surface area (Å²) in [5, 5.41) is 9.67. The molecule has 2 amide bonds. The summed E-state index contributed by atoms with van der Waals surface area (Å²) < 4.78 is 4.77. The Hall–Kier alpha value is -1.53. The van der Waals surface area contributed by atoms with Gasteiger partial charge in [0.1, 0.15) is 18.5 Å². The van der Waals surface area contributed by atoms with Crippen LogP contribution in [0.1, 0.15) is 19.4 Å². The van der Waals surface area contributed by atoms with Crippen LogP contribution in [0.2, 0.25) is 0 Å². The third kappa shape index (κ3) is 3.57. The maximum Gasteiger partial charge on any atom is 0.289 e. The van der Waals surface area contributed by atoms with Gasteiger partial charge < -0.3 is 9.84 Å². The fraction of sp³-hybridized carbons (Fsp3) is 0.467. The molecule has 2 rings (SSSR count). The van der Waals surface area contributed by atoms with Gasteiger partial charge in [-0.1, -0.05) is 18.2 Å². The first-order valence-corrected chi connectivity index (χ1v) is 7.54. The van der Waals surface area contributed by atoms with Crippen LogP contribution in [-0.2, 0) is 4.79 Å². The van der Waals surface area contributed by atoms with Gasteiger partial charge in [0.25, 0.3) is 5.24 Å². The molecule has 1 aliphatic rings. The summed E-state index contributed by atoms with van der Waals surface area (Å²) in [5.74, 6) is 0.415. The highest BCUT2D eigenvalue weighted by Gasteiger charge is 2.46. The molecule has 0 saturated carbocycles. The Kier molecular flexibility index (Phi) is 4.58. The number of aliphatic hydroxyl groups is 1. The number of imide groups is 1. The first-order valence-electron chi connectivity index (χ1n) is 6.72. The van der Waals surface area contributed by atoms with Gasteiger partial charge in [0.15, 0.2) is 0 Å². The molecule has 1 aliphatic heterocycles. The second kappa shape index (κ2) is 6.07. The van der Waals surface area contributed by atoms with Crippen LogP contribution in [0.3, 0.4) is 0 Å². The van der Waals surface area contributed by atoms with Gasteiger partial charge in [-0.15, -0.1) is 0 Å². The van der Waals surface area contributed by atoms with E-state index in [9.17, 15) is 14.7 Å². The minimum absolute atomic E-state index is 0.0347. The zero-order chi connectivity index (χ0) is 15.6. The first kappa shape index (κ1) is 15.9. The van der Waals surface area contributed by atoms with Crippen LogP contribution in [0.4, 0.5) is 4.79 Å². The molecule has 21 heavy (non-hydrogen) atoms. The Balaban J connectivity index is 1.91. The lowest BCUT2D eigenvalue weighted by atomic mass is 10.2. The minimum atomic E-state index is -0.910. The quantitative estimate of drug-likeness (QED) is 0.903. The van der Waals surface area contributed by atoms with E-state index in [0.29, 0.717) is 5.75 Å². The van der Waals surface area contributed by atoms with Gasteiger partial charge in [-0.2, -0.15) is 0 Å². The van der Waals surface area contributed by atoms with E-state index in [1.54, 1.807) is 13.8 Å². The number of carbonyl (C=O) groups excluding carboxylic acids is 2. The number of hydrogen-bond donors (Lipinski definition) is 1. The van der Waals surface area contributed by atoms with Gasteiger partial charge in [0.2, 0.25) is 5.91 Å². The van der Waals surface area contributed by atoms with Gasteiger partial charge in [-0.3, -0.25) is 14.5 Å². The molecule has 5 nitrogen and oxygen atoms in total. The van der Waals surface area contributed by atoms with Gasteiger partial charge >= 0.3 is 0 Å². The van der Waals surface area contributed by atoms with Crippen LogP contribution in [-0.4, -0.2) is 45.2 Å². The maximum atomic E-state index is 12.0. The number of amides is 2. The molecule has 0 spiro atoms. The third-order valence-corrected chi connectivity index (χ3v) is 4.32. The number of carbonyl (C=O) groups is 2. The van der Waals surface area contributed by atoms with Crippen molar-refractivity contribution in [1.82, 2.24) is 4.90 Å². The zero-order valence-electron chi connectivity index (χ0n) is 12.3. The fourth-order valence-electron chi connectivity index (χ4n) is 2.05. The standard InChI is InChI=1S/C15H19NO4S/c1-10-6-4-5-7-12(10)20-9-11(17)8-16-13(18)15(2,3)21-14(16)19/h4-7,11,17H,8-9H2,1-3H3. The Labute approximate surface area is 128 Å². The lowest BCUT2D eigenvalue weighted by Crippen LogP contribution is -2.41. The van der Waals surface area contributed by atoms with Crippen molar-refractivity contribution in [3.63, 3.8) is 0 Å². The number of aliphatic hydroxyl groups excluding tert-OH is 1. The number of ether oxygens (including phenoxy) is 1. The van der Waals surface area contributed by atoms with Crippen molar-refractivity contribution in [2.75, 3.05) is 13.2 Å². The summed E-state index contributed by atoms with van der Waals surface area (Å²) in [6, 6.07) is 7.47. The highest BCUT2D eigenvalue weighted by molar-refractivity contribution is 8.16. The summed E-state index contributed by atoms with van der Waals surface area (Å²) >= 11 is 0.983. The maximum absolute atomic E-state index is 12.0. The van der Waals surface area contributed by atoms with Gasteiger partial charge in [-0.05, 0) is 44.2 Å². The number of aryl methyl sites for hydroxylation is 1. The molecule has 0 bridgehead atoms. The van der Waals surface area contributed by atoms with Crippen LogP contribution >= 0.6 is 11.8 Å². The molecular formula is C15H19NO4S. The molecule has 1 unspecified atom stereocenters. The largest absolute Gasteiger partial charge is 0.491 e. The van der Waals surface area contributed by atoms with E-state index in [-0.39, 0.29) is 24.3 Å². The van der Waals surface area contributed by atoms with E-state index in [0.717, 1.165) is 22.2 Å². The summed E-state index contributed by atoms with van der Waals surface area (Å²) in [6.07, 6.45) is -0.910. The number of para-hydroxylation sites is 1. The second-order valence-electron chi connectivity index (χ2n) is 5.52. The number of benzene rings is 1. The molecular weight excluding hydrogens is 290 g/mol. The Morgan fingerprint density at radius 1 is 1.33 bits per heavy atom. The molecule has 1 aromatic rings. The van der Waals surface area contributed by atoms with Crippen LogP contribution in [0.15, 0.2) is 24.3 Å². The Bertz CT molecular complexity index is 558. The molecule has 1 saturated heterocycles. The van der Waals surface area contributed by atoms with Crippen LogP contribution in [0, 0.1) is 6.92 Å². The van der Waals surface area contributed by atoms with Crippen molar-refractivity contribution in [1.29, 1.82) is 0 Å². The number of thioether (sulfide) groups is 1. The highest BCUT2D eigenvalue weighted by atomic mass is 32.2. The summed E-state index contributed by atoms with van der Waals surface area (Å²) in [7, 11) is 0. The number of hydrogen-bond acceptors (Lipinski definition) is 5. The summed E-state index contributed by atoms with van der Waals surface area (Å²) in [4.78, 5) is 24.9. The molecule has 1 fully saturated rings. The summed E-state index contributed by atoms with van der Waals surface area (Å²) in [6.45, 7) is 5.31. The Morgan fingerprint density at radius 2 is 2.00 bits per heavy atom. The summed E-state index contributed by atoms with van der Waals surface area (Å²) in [5.41, 5.74) is 0.967. The predicted molar refractivity (Wildman–Crippen MR) is 81.5 cm³/mol. The molecule has 1 N–H and O–H groups in total. The normalized spacial score (nSPS) is 19.0. The average molecular weight is 309 g/mol. The monoisotopic (exact) mass is 309 g/mol. The van der Waals surface area contributed by atoms with E-state index < -0.39 is 10.9 Å². The van der Waals surface area contributed by atoms with Gasteiger partial charge in [0.05, 0.1) is 11.3 Å². The van der Waals surface area contributed by atoms with Crippen molar-refractivity contribution in [2.24, 2.45) is 0 Å². The van der Waals surface area contributed by atoms with Crippen LogP contribution < -0.4 is 4.74 Å². The SMILES string of the molecule is Cc1ccccc1OCC(O)CN1C(=O)SC(C)(C)C1=O. The molecule has 0 aliphatic carbocycles. The smallest absolute Gasteiger partial charge is 0.289 e.